The van der Waals surface area contributed by atoms with Gasteiger partial charge in [0.2, 0.25) is 0 Å². The second kappa shape index (κ2) is 7.55. The second-order valence-corrected chi connectivity index (χ2v) is 4.52. The molecule has 0 radical (unpaired) electrons. The zero-order valence-corrected chi connectivity index (χ0v) is 12.1. The van der Waals surface area contributed by atoms with E-state index in [4.69, 9.17) is 0 Å². The molecule has 0 amide bonds. The third-order valence-corrected chi connectivity index (χ3v) is 3.08. The zero-order chi connectivity index (χ0) is 14.2. The molecule has 0 unspecified atom stereocenters. The van der Waals surface area contributed by atoms with Gasteiger partial charge in [0.25, 0.3) is 0 Å². The standard InChI is InChI=1S/C15H21N5/c1-3-16-9-14-10-19-15(11-18-14)20(4-2)12-13-5-7-17-8-6-13/h5-8,10-11,16H,3-4,9,12H2,1-2H3. The molecule has 1 N–H and O–H groups in total. The van der Waals surface area contributed by atoms with Crippen molar-refractivity contribution in [1.29, 1.82) is 0 Å². The maximum absolute atomic E-state index is 4.51. The third-order valence-electron chi connectivity index (χ3n) is 3.08. The fourth-order valence-corrected chi connectivity index (χ4v) is 1.92. The summed E-state index contributed by atoms with van der Waals surface area (Å²) in [6.07, 6.45) is 7.31. The van der Waals surface area contributed by atoms with Crippen molar-refractivity contribution in [1.82, 2.24) is 20.3 Å². The Balaban J connectivity index is 2.04. The SMILES string of the molecule is CCNCc1cnc(N(CC)Cc2ccncc2)cn1. The van der Waals surface area contributed by atoms with Gasteiger partial charge in [-0.05, 0) is 31.2 Å². The van der Waals surface area contributed by atoms with Gasteiger partial charge < -0.3 is 10.2 Å². The van der Waals surface area contributed by atoms with E-state index in [0.29, 0.717) is 0 Å². The van der Waals surface area contributed by atoms with Gasteiger partial charge in [0.1, 0.15) is 5.82 Å². The maximum Gasteiger partial charge on any atom is 0.147 e. The normalized spacial score (nSPS) is 10.5. The molecule has 106 valence electrons. The molecule has 0 saturated carbocycles. The van der Waals surface area contributed by atoms with Gasteiger partial charge in [-0.2, -0.15) is 0 Å². The van der Waals surface area contributed by atoms with Crippen LogP contribution < -0.4 is 10.2 Å². The molecule has 0 saturated heterocycles. The monoisotopic (exact) mass is 271 g/mol. The number of hydrogen-bond acceptors (Lipinski definition) is 5. The highest BCUT2D eigenvalue weighted by Crippen LogP contribution is 2.12. The van der Waals surface area contributed by atoms with Crippen LogP contribution in [0.1, 0.15) is 25.1 Å². The van der Waals surface area contributed by atoms with Crippen molar-refractivity contribution < 1.29 is 0 Å². The van der Waals surface area contributed by atoms with E-state index < -0.39 is 0 Å². The van der Waals surface area contributed by atoms with Gasteiger partial charge in [-0.1, -0.05) is 6.92 Å². The van der Waals surface area contributed by atoms with Crippen molar-refractivity contribution in [2.24, 2.45) is 0 Å². The largest absolute Gasteiger partial charge is 0.351 e. The van der Waals surface area contributed by atoms with Crippen molar-refractivity contribution >= 4 is 5.82 Å². The van der Waals surface area contributed by atoms with E-state index in [1.165, 1.54) is 5.56 Å². The Morgan fingerprint density at radius 2 is 1.90 bits per heavy atom. The molecular weight excluding hydrogens is 250 g/mol. The van der Waals surface area contributed by atoms with E-state index in [-0.39, 0.29) is 0 Å². The first-order chi connectivity index (χ1) is 9.83. The van der Waals surface area contributed by atoms with Crippen molar-refractivity contribution in [2.75, 3.05) is 18.0 Å². The van der Waals surface area contributed by atoms with E-state index >= 15 is 0 Å². The Hall–Kier alpha value is -2.01. The average molecular weight is 271 g/mol. The Labute approximate surface area is 120 Å². The lowest BCUT2D eigenvalue weighted by atomic mass is 10.2. The van der Waals surface area contributed by atoms with Gasteiger partial charge in [0.15, 0.2) is 0 Å². The second-order valence-electron chi connectivity index (χ2n) is 4.52. The molecule has 2 aromatic heterocycles. The zero-order valence-electron chi connectivity index (χ0n) is 12.1. The van der Waals surface area contributed by atoms with Crippen molar-refractivity contribution in [3.05, 3.63) is 48.2 Å². The van der Waals surface area contributed by atoms with Crippen LogP contribution in [0.4, 0.5) is 5.82 Å². The molecule has 0 aliphatic rings. The molecule has 0 fully saturated rings. The van der Waals surface area contributed by atoms with Gasteiger partial charge in [-0.15, -0.1) is 0 Å². The van der Waals surface area contributed by atoms with Crippen LogP contribution in [0.15, 0.2) is 36.9 Å². The van der Waals surface area contributed by atoms with Crippen LogP contribution in [0.5, 0.6) is 0 Å². The molecule has 20 heavy (non-hydrogen) atoms. The first-order valence-corrected chi connectivity index (χ1v) is 6.99. The summed E-state index contributed by atoms with van der Waals surface area (Å²) in [5.41, 5.74) is 2.19. The topological polar surface area (TPSA) is 53.9 Å². The van der Waals surface area contributed by atoms with Crippen molar-refractivity contribution in [2.45, 2.75) is 26.9 Å². The average Bonchev–Trinajstić information content (AvgIpc) is 2.52. The van der Waals surface area contributed by atoms with Gasteiger partial charge in [-0.25, -0.2) is 4.98 Å². The molecule has 2 heterocycles. The highest BCUT2D eigenvalue weighted by atomic mass is 15.2. The van der Waals surface area contributed by atoms with Crippen LogP contribution in [0, 0.1) is 0 Å². The number of pyridine rings is 1. The van der Waals surface area contributed by atoms with Gasteiger partial charge in [0, 0.05) is 32.0 Å². The summed E-state index contributed by atoms with van der Waals surface area (Å²) < 4.78 is 0. The number of hydrogen-bond donors (Lipinski definition) is 1. The minimum Gasteiger partial charge on any atom is -0.351 e. The highest BCUT2D eigenvalue weighted by molar-refractivity contribution is 5.37. The highest BCUT2D eigenvalue weighted by Gasteiger charge is 2.07. The van der Waals surface area contributed by atoms with Crippen molar-refractivity contribution in [3.63, 3.8) is 0 Å². The minimum absolute atomic E-state index is 0.764. The molecule has 0 atom stereocenters. The Kier molecular flexibility index (Phi) is 5.43. The van der Waals surface area contributed by atoms with Crippen LogP contribution >= 0.6 is 0 Å². The molecule has 0 aromatic carbocycles. The fraction of sp³-hybridized carbons (Fsp3) is 0.400. The molecule has 5 heteroatoms. The molecule has 0 aliphatic heterocycles. The predicted octanol–water partition coefficient (Wildman–Crippen LogP) is 2.01. The van der Waals surface area contributed by atoms with Gasteiger partial charge in [0.05, 0.1) is 18.1 Å². The van der Waals surface area contributed by atoms with Gasteiger partial charge in [-0.3, -0.25) is 9.97 Å². The van der Waals surface area contributed by atoms with Crippen LogP contribution in [-0.4, -0.2) is 28.0 Å². The van der Waals surface area contributed by atoms with E-state index in [1.807, 2.05) is 36.9 Å². The molecule has 2 rings (SSSR count). The van der Waals surface area contributed by atoms with E-state index in [9.17, 15) is 0 Å². The Bertz CT molecular complexity index is 497. The molecule has 0 aliphatic carbocycles. The molecule has 0 spiro atoms. The van der Waals surface area contributed by atoms with Crippen LogP contribution in [0.2, 0.25) is 0 Å². The van der Waals surface area contributed by atoms with Crippen LogP contribution in [0.3, 0.4) is 0 Å². The van der Waals surface area contributed by atoms with Crippen molar-refractivity contribution in [3.8, 4) is 0 Å². The molecule has 2 aromatic rings. The Morgan fingerprint density at radius 3 is 2.50 bits per heavy atom. The number of anilines is 1. The summed E-state index contributed by atoms with van der Waals surface area (Å²) in [4.78, 5) is 15.2. The number of nitrogens with zero attached hydrogens (tertiary/aromatic N) is 4. The van der Waals surface area contributed by atoms with E-state index in [1.54, 1.807) is 0 Å². The summed E-state index contributed by atoms with van der Waals surface area (Å²) in [6.45, 7) is 7.61. The summed E-state index contributed by atoms with van der Waals surface area (Å²) >= 11 is 0. The lowest BCUT2D eigenvalue weighted by Gasteiger charge is -2.21. The lowest BCUT2D eigenvalue weighted by molar-refractivity contribution is 0.704. The third kappa shape index (κ3) is 3.99. The van der Waals surface area contributed by atoms with E-state index in [2.05, 4.69) is 39.0 Å². The summed E-state index contributed by atoms with van der Waals surface area (Å²) in [5.74, 6) is 0.907. The number of nitrogens with one attached hydrogen (secondary N) is 1. The lowest BCUT2D eigenvalue weighted by Crippen LogP contribution is -2.23. The summed E-state index contributed by atoms with van der Waals surface area (Å²) in [6, 6.07) is 4.05. The van der Waals surface area contributed by atoms with Crippen LogP contribution in [-0.2, 0) is 13.1 Å². The predicted molar refractivity (Wildman–Crippen MR) is 80.4 cm³/mol. The molecule has 5 nitrogen and oxygen atoms in total. The first kappa shape index (κ1) is 14.4. The van der Waals surface area contributed by atoms with Gasteiger partial charge >= 0.3 is 0 Å². The first-order valence-electron chi connectivity index (χ1n) is 6.99. The molecule has 0 bridgehead atoms. The number of rotatable bonds is 7. The maximum atomic E-state index is 4.51. The summed E-state index contributed by atoms with van der Waals surface area (Å²) in [5, 5.41) is 3.24. The fourth-order valence-electron chi connectivity index (χ4n) is 1.92. The smallest absolute Gasteiger partial charge is 0.147 e. The summed E-state index contributed by atoms with van der Waals surface area (Å²) in [7, 11) is 0. The molecular formula is C15H21N5. The van der Waals surface area contributed by atoms with Crippen LogP contribution in [0.25, 0.3) is 0 Å². The van der Waals surface area contributed by atoms with E-state index in [0.717, 1.165) is 37.7 Å². The Morgan fingerprint density at radius 1 is 1.10 bits per heavy atom. The quantitative estimate of drug-likeness (QED) is 0.835. The number of aromatic nitrogens is 3. The minimum atomic E-state index is 0.764.